The normalized spacial score (nSPS) is 9.00. The molecule has 0 N–H and O–H groups in total. The van der Waals surface area contributed by atoms with Gasteiger partial charge in [-0.1, -0.05) is 34.8 Å². The summed E-state index contributed by atoms with van der Waals surface area (Å²) in [6.07, 6.45) is 0. The van der Waals surface area contributed by atoms with Gasteiger partial charge in [0.1, 0.15) is 0 Å². The van der Waals surface area contributed by atoms with Crippen molar-refractivity contribution in [3.8, 4) is 0 Å². The van der Waals surface area contributed by atoms with E-state index >= 15 is 0 Å². The quantitative estimate of drug-likeness (QED) is 0.514. The van der Waals surface area contributed by atoms with Gasteiger partial charge in [-0.3, -0.25) is 0 Å². The lowest BCUT2D eigenvalue weighted by Crippen LogP contribution is -1.65. The van der Waals surface area contributed by atoms with E-state index in [9.17, 15) is 13.2 Å². The predicted molar refractivity (Wildman–Crippen MR) is 28.5 cm³/mol. The maximum absolute atomic E-state index is 9.67. The molecule has 0 amide bonds. The van der Waals surface area contributed by atoms with Crippen LogP contribution in [-0.2, 0) is 0 Å². The maximum Gasteiger partial charge on any atom is 0.379 e. The minimum absolute atomic E-state index is 0.750. The lowest BCUT2D eigenvalue weighted by atomic mass is 11.6. The molecule has 0 bridgehead atoms. The molecule has 8 heavy (non-hydrogen) atoms. The highest BCUT2D eigenvalue weighted by molar-refractivity contribution is 6.63. The molecule has 0 aromatic heterocycles. The van der Waals surface area contributed by atoms with Gasteiger partial charge in [0.2, 0.25) is 0 Å². The Morgan fingerprint density at radius 1 is 0.875 bits per heavy atom. The van der Waals surface area contributed by atoms with Crippen molar-refractivity contribution >= 4 is 34.8 Å². The largest absolute Gasteiger partial charge is 0.379 e. The van der Waals surface area contributed by atoms with Gasteiger partial charge in [0.05, 0.1) is 0 Å². The van der Waals surface area contributed by atoms with E-state index in [1.165, 1.54) is 0 Å². The molecular formula is C2H2Cl3F3. The Hall–Kier alpha value is 0.660. The van der Waals surface area contributed by atoms with E-state index in [4.69, 9.17) is 34.8 Å². The molecule has 0 atom stereocenters. The van der Waals surface area contributed by atoms with Crippen LogP contribution >= 0.6 is 34.8 Å². The lowest BCUT2D eigenvalue weighted by Gasteiger charge is -1.69. The minimum Gasteiger partial charge on any atom is -0.174 e. The first kappa shape index (κ1) is 11.5. The monoisotopic (exact) mass is 188 g/mol. The van der Waals surface area contributed by atoms with Gasteiger partial charge in [-0.25, -0.2) is 0 Å². The summed E-state index contributed by atoms with van der Waals surface area (Å²) in [6, 6.07) is 0. The molecule has 0 fully saturated rings. The lowest BCUT2D eigenvalue weighted by molar-refractivity contribution is 0.00819. The number of alkyl halides is 6. The molecule has 0 saturated heterocycles. The fourth-order valence-corrected chi connectivity index (χ4v) is 0. The molecule has 0 aromatic rings. The highest BCUT2D eigenvalue weighted by Crippen LogP contribution is 2.03. The fourth-order valence-electron chi connectivity index (χ4n) is 0. The standard InChI is InChI=1S/CHCl3.CHF3/c2*2-1(3)4/h2*1H. The van der Waals surface area contributed by atoms with Crippen molar-refractivity contribution < 1.29 is 13.2 Å². The first-order valence-corrected chi connectivity index (χ1v) is 2.62. The van der Waals surface area contributed by atoms with Gasteiger partial charge in [-0.15, -0.1) is 0 Å². The number of rotatable bonds is 0. The fraction of sp³-hybridized carbons (Fsp3) is 1.00. The second kappa shape index (κ2) is 7.66. The van der Waals surface area contributed by atoms with Crippen LogP contribution in [0.2, 0.25) is 0 Å². The molecule has 0 spiro atoms. The summed E-state index contributed by atoms with van der Waals surface area (Å²) in [5.74, 6) is 0. The molecular weight excluding hydrogens is 187 g/mol. The van der Waals surface area contributed by atoms with E-state index in [0.29, 0.717) is 0 Å². The molecule has 0 unspecified atom stereocenters. The molecule has 0 rings (SSSR count). The van der Waals surface area contributed by atoms with Crippen molar-refractivity contribution in [3.05, 3.63) is 0 Å². The summed E-state index contributed by atoms with van der Waals surface area (Å²) in [4.78, 5) is 0. The van der Waals surface area contributed by atoms with Crippen LogP contribution in [0.1, 0.15) is 0 Å². The van der Waals surface area contributed by atoms with Crippen LogP contribution in [-0.4, -0.2) is 11.0 Å². The van der Waals surface area contributed by atoms with Crippen LogP contribution in [0.4, 0.5) is 13.2 Å². The number of halogens is 6. The molecule has 0 nitrogen and oxygen atoms in total. The third-order valence-corrected chi connectivity index (χ3v) is 0. The second-order valence-electron chi connectivity index (χ2n) is 0.495. The van der Waals surface area contributed by atoms with Gasteiger partial charge < -0.3 is 0 Å². The molecule has 6 heteroatoms. The number of hydrogen-bond acceptors (Lipinski definition) is 0. The smallest absolute Gasteiger partial charge is 0.174 e. The SMILES string of the molecule is ClC(Cl)Cl.FC(F)F. The first-order chi connectivity index (χ1) is 3.46. The van der Waals surface area contributed by atoms with Crippen molar-refractivity contribution in [2.45, 2.75) is 11.0 Å². The van der Waals surface area contributed by atoms with Gasteiger partial charge in [-0.05, 0) is 0 Å². The van der Waals surface area contributed by atoms with Gasteiger partial charge in [-0.2, -0.15) is 13.2 Å². The molecule has 0 aliphatic carbocycles. The molecule has 0 saturated carbocycles. The third-order valence-electron chi connectivity index (χ3n) is 0. The summed E-state index contributed by atoms with van der Waals surface area (Å²) in [7, 11) is 0. The van der Waals surface area contributed by atoms with Crippen LogP contribution < -0.4 is 0 Å². The Morgan fingerprint density at radius 3 is 0.875 bits per heavy atom. The van der Waals surface area contributed by atoms with E-state index in [1.807, 2.05) is 0 Å². The second-order valence-corrected chi connectivity index (χ2v) is 2.47. The van der Waals surface area contributed by atoms with Gasteiger partial charge in [0, 0.05) is 0 Å². The molecule has 0 aromatic carbocycles. The van der Waals surface area contributed by atoms with Crippen molar-refractivity contribution in [2.75, 3.05) is 0 Å². The highest BCUT2D eigenvalue weighted by atomic mass is 35.6. The zero-order chi connectivity index (χ0) is 7.15. The third kappa shape index (κ3) is 490. The van der Waals surface area contributed by atoms with E-state index in [-0.39, 0.29) is 0 Å². The average Bonchev–Trinajstić information content (AvgIpc) is 1.25. The summed E-state index contributed by atoms with van der Waals surface area (Å²) in [5.41, 5.74) is 0. The summed E-state index contributed by atoms with van der Waals surface area (Å²) < 4.78 is 28.2. The van der Waals surface area contributed by atoms with E-state index in [0.717, 1.165) is 0 Å². The molecule has 0 radical (unpaired) electrons. The van der Waals surface area contributed by atoms with Crippen molar-refractivity contribution in [3.63, 3.8) is 0 Å². The molecule has 0 aliphatic heterocycles. The molecule has 0 heterocycles. The Kier molecular flexibility index (Phi) is 11.0. The minimum atomic E-state index is -3.67. The maximum atomic E-state index is 9.67. The van der Waals surface area contributed by atoms with Gasteiger partial charge in [0.25, 0.3) is 0 Å². The molecule has 0 aliphatic rings. The van der Waals surface area contributed by atoms with E-state index < -0.39 is 11.0 Å². The average molecular weight is 189 g/mol. The Labute approximate surface area is 59.5 Å². The van der Waals surface area contributed by atoms with Gasteiger partial charge >= 0.3 is 6.68 Å². The van der Waals surface area contributed by atoms with E-state index in [1.54, 1.807) is 0 Å². The van der Waals surface area contributed by atoms with Gasteiger partial charge in [0.15, 0.2) is 4.30 Å². The van der Waals surface area contributed by atoms with Crippen LogP contribution in [0.15, 0.2) is 0 Å². The summed E-state index contributed by atoms with van der Waals surface area (Å²) in [6.45, 7) is -3.67. The Bertz CT molecular complexity index is 28.0. The number of hydrogen-bond donors (Lipinski definition) is 0. The van der Waals surface area contributed by atoms with Crippen molar-refractivity contribution in [1.82, 2.24) is 0 Å². The summed E-state index contributed by atoms with van der Waals surface area (Å²) >= 11 is 14.4. The Balaban J connectivity index is 0. The van der Waals surface area contributed by atoms with Crippen LogP contribution in [0.3, 0.4) is 0 Å². The molecule has 52 valence electrons. The Morgan fingerprint density at radius 2 is 0.875 bits per heavy atom. The first-order valence-electron chi connectivity index (χ1n) is 1.31. The van der Waals surface area contributed by atoms with Crippen LogP contribution in [0, 0.1) is 0 Å². The zero-order valence-corrected chi connectivity index (χ0v) is 5.69. The van der Waals surface area contributed by atoms with Crippen LogP contribution in [0.25, 0.3) is 0 Å². The predicted octanol–water partition coefficient (Wildman–Crippen LogP) is 3.16. The van der Waals surface area contributed by atoms with Crippen LogP contribution in [0.5, 0.6) is 0 Å². The van der Waals surface area contributed by atoms with Crippen molar-refractivity contribution in [1.29, 1.82) is 0 Å². The zero-order valence-electron chi connectivity index (χ0n) is 3.42. The van der Waals surface area contributed by atoms with Crippen molar-refractivity contribution in [2.24, 2.45) is 0 Å². The van der Waals surface area contributed by atoms with E-state index in [2.05, 4.69) is 0 Å². The summed E-state index contributed by atoms with van der Waals surface area (Å²) in [5, 5.41) is 0. The topological polar surface area (TPSA) is 0 Å². The highest BCUT2D eigenvalue weighted by Gasteiger charge is 1.86.